The number of hydrogen-bond acceptors (Lipinski definition) is 3. The second kappa shape index (κ2) is 3.39. The monoisotopic (exact) mass is 214 g/mol. The summed E-state index contributed by atoms with van der Waals surface area (Å²) in [6.07, 6.45) is 3.89. The molecule has 3 nitrogen and oxygen atoms in total. The van der Waals surface area contributed by atoms with Crippen LogP contribution in [0.5, 0.6) is 0 Å². The van der Waals surface area contributed by atoms with Crippen LogP contribution in [0.3, 0.4) is 0 Å². The zero-order valence-electron chi connectivity index (χ0n) is 7.77. The Kier molecular flexibility index (Phi) is 2.35. The molecule has 0 unspecified atom stereocenters. The third kappa shape index (κ3) is 1.36. The van der Waals surface area contributed by atoms with Crippen LogP contribution in [0.2, 0.25) is 0 Å². The predicted molar refractivity (Wildman–Crippen MR) is 50.9 cm³/mol. The van der Waals surface area contributed by atoms with Crippen molar-refractivity contribution in [2.75, 3.05) is 6.61 Å². The van der Waals surface area contributed by atoms with Crippen LogP contribution >= 0.6 is 11.6 Å². The van der Waals surface area contributed by atoms with Crippen molar-refractivity contribution < 1.29 is 14.3 Å². The molecule has 2 rings (SSSR count). The number of fused-ring (bicyclic) bond motifs is 1. The lowest BCUT2D eigenvalue weighted by Gasteiger charge is -2.36. The number of allylic oxidation sites excluding steroid dienone is 1. The van der Waals surface area contributed by atoms with Gasteiger partial charge in [0.25, 0.3) is 0 Å². The van der Waals surface area contributed by atoms with E-state index in [0.717, 1.165) is 0 Å². The van der Waals surface area contributed by atoms with E-state index in [4.69, 9.17) is 16.3 Å². The van der Waals surface area contributed by atoms with E-state index < -0.39 is 0 Å². The van der Waals surface area contributed by atoms with Crippen molar-refractivity contribution >= 4 is 23.4 Å². The lowest BCUT2D eigenvalue weighted by atomic mass is 9.70. The SMILES string of the molecule is CC(=O)OC[C@@H]1C=C[C@@H]2[C@H]1C(=O)[C@@H]2Cl. The molecule has 0 heterocycles. The number of alkyl halides is 1. The van der Waals surface area contributed by atoms with Crippen molar-refractivity contribution in [1.82, 2.24) is 0 Å². The Hall–Kier alpha value is -0.830. The normalized spacial score (nSPS) is 39.1. The number of esters is 1. The molecule has 1 saturated carbocycles. The molecular weight excluding hydrogens is 204 g/mol. The molecule has 0 bridgehead atoms. The first kappa shape index (κ1) is 9.71. The van der Waals surface area contributed by atoms with Gasteiger partial charge in [0.1, 0.15) is 0 Å². The minimum Gasteiger partial charge on any atom is -0.465 e. The van der Waals surface area contributed by atoms with Gasteiger partial charge in [-0.05, 0) is 0 Å². The first-order valence-electron chi connectivity index (χ1n) is 4.60. The zero-order chi connectivity index (χ0) is 10.3. The number of ketones is 1. The predicted octanol–water partition coefficient (Wildman–Crippen LogP) is 1.16. The number of Topliss-reactive ketones (excluding diaryl/α,β-unsaturated/α-hetero) is 1. The van der Waals surface area contributed by atoms with Crippen LogP contribution in [0.1, 0.15) is 6.92 Å². The minimum atomic E-state index is -0.362. The van der Waals surface area contributed by atoms with Crippen molar-refractivity contribution in [3.63, 3.8) is 0 Å². The fourth-order valence-electron chi connectivity index (χ4n) is 2.10. The van der Waals surface area contributed by atoms with Crippen LogP contribution in [-0.2, 0) is 14.3 Å². The zero-order valence-corrected chi connectivity index (χ0v) is 8.53. The molecule has 14 heavy (non-hydrogen) atoms. The third-order valence-electron chi connectivity index (χ3n) is 2.87. The summed E-state index contributed by atoms with van der Waals surface area (Å²) in [7, 11) is 0. The van der Waals surface area contributed by atoms with E-state index in [9.17, 15) is 9.59 Å². The maximum atomic E-state index is 11.4. The van der Waals surface area contributed by atoms with Crippen molar-refractivity contribution in [3.05, 3.63) is 12.2 Å². The minimum absolute atomic E-state index is 0.0337. The molecule has 0 aromatic rings. The fourth-order valence-corrected chi connectivity index (χ4v) is 2.49. The van der Waals surface area contributed by atoms with Crippen LogP contribution in [-0.4, -0.2) is 23.7 Å². The van der Waals surface area contributed by atoms with Gasteiger partial charge < -0.3 is 4.74 Å². The largest absolute Gasteiger partial charge is 0.465 e. The van der Waals surface area contributed by atoms with Crippen LogP contribution in [0.4, 0.5) is 0 Å². The quantitative estimate of drug-likeness (QED) is 0.394. The molecule has 0 saturated heterocycles. The first-order valence-corrected chi connectivity index (χ1v) is 5.04. The lowest BCUT2D eigenvalue weighted by molar-refractivity contribution is -0.145. The number of hydrogen-bond donors (Lipinski definition) is 0. The molecule has 2 aliphatic carbocycles. The standard InChI is InChI=1S/C10H11ClO3/c1-5(12)14-4-6-2-3-7-8(6)10(13)9(7)11/h2-3,6-9H,4H2,1H3/t6-,7+,8-,9+/m0/s1. The van der Waals surface area contributed by atoms with Gasteiger partial charge in [0.15, 0.2) is 5.78 Å². The van der Waals surface area contributed by atoms with E-state index in [1.54, 1.807) is 0 Å². The van der Waals surface area contributed by atoms with Crippen LogP contribution < -0.4 is 0 Å². The summed E-state index contributed by atoms with van der Waals surface area (Å²) in [5.41, 5.74) is 0. The van der Waals surface area contributed by atoms with Gasteiger partial charge in [-0.3, -0.25) is 9.59 Å². The van der Waals surface area contributed by atoms with Gasteiger partial charge in [0.05, 0.1) is 12.0 Å². The highest BCUT2D eigenvalue weighted by molar-refractivity contribution is 6.34. The summed E-state index contributed by atoms with van der Waals surface area (Å²) < 4.78 is 4.88. The van der Waals surface area contributed by atoms with E-state index in [1.807, 2.05) is 12.2 Å². The molecule has 0 radical (unpaired) electrons. The Morgan fingerprint density at radius 3 is 2.93 bits per heavy atom. The highest BCUT2D eigenvalue weighted by Gasteiger charge is 2.53. The molecule has 1 fully saturated rings. The summed E-state index contributed by atoms with van der Waals surface area (Å²) in [4.78, 5) is 22.0. The maximum absolute atomic E-state index is 11.4. The van der Waals surface area contributed by atoms with Crippen LogP contribution in [0.15, 0.2) is 12.2 Å². The van der Waals surface area contributed by atoms with Gasteiger partial charge in [0.2, 0.25) is 0 Å². The van der Waals surface area contributed by atoms with Gasteiger partial charge in [-0.25, -0.2) is 0 Å². The van der Waals surface area contributed by atoms with Gasteiger partial charge in [-0.2, -0.15) is 0 Å². The Morgan fingerprint density at radius 1 is 1.57 bits per heavy atom. The molecule has 76 valence electrons. The summed E-state index contributed by atoms with van der Waals surface area (Å²) in [5.74, 6) is -0.0807. The third-order valence-corrected chi connectivity index (χ3v) is 3.38. The fraction of sp³-hybridized carbons (Fsp3) is 0.600. The number of carbonyl (C=O) groups is 2. The van der Waals surface area contributed by atoms with E-state index in [2.05, 4.69) is 0 Å². The molecule has 4 heteroatoms. The molecule has 0 amide bonds. The van der Waals surface area contributed by atoms with Crippen molar-refractivity contribution in [1.29, 1.82) is 0 Å². The lowest BCUT2D eigenvalue weighted by Crippen LogP contribution is -2.49. The van der Waals surface area contributed by atoms with E-state index >= 15 is 0 Å². The molecular formula is C10H11ClO3. The van der Waals surface area contributed by atoms with E-state index in [1.165, 1.54) is 6.92 Å². The highest BCUT2D eigenvalue weighted by Crippen LogP contribution is 2.46. The molecule has 0 aromatic heterocycles. The van der Waals surface area contributed by atoms with Gasteiger partial charge in [0, 0.05) is 24.7 Å². The first-order chi connectivity index (χ1) is 6.61. The van der Waals surface area contributed by atoms with Crippen molar-refractivity contribution in [3.8, 4) is 0 Å². The van der Waals surface area contributed by atoms with Gasteiger partial charge in [-0.15, -0.1) is 11.6 Å². The molecule has 4 atom stereocenters. The molecule has 2 aliphatic rings. The number of rotatable bonds is 2. The molecule has 0 aliphatic heterocycles. The smallest absolute Gasteiger partial charge is 0.302 e. The summed E-state index contributed by atoms with van der Waals surface area (Å²) >= 11 is 5.82. The average molecular weight is 215 g/mol. The van der Waals surface area contributed by atoms with Crippen LogP contribution in [0.25, 0.3) is 0 Å². The molecule has 0 spiro atoms. The number of ether oxygens (including phenoxy) is 1. The highest BCUT2D eigenvalue weighted by atomic mass is 35.5. The van der Waals surface area contributed by atoms with Crippen molar-refractivity contribution in [2.45, 2.75) is 12.3 Å². The average Bonchev–Trinajstić information content (AvgIpc) is 2.53. The van der Waals surface area contributed by atoms with E-state index in [-0.39, 0.29) is 34.9 Å². The summed E-state index contributed by atoms with van der Waals surface area (Å²) in [6.45, 7) is 1.66. The van der Waals surface area contributed by atoms with Crippen LogP contribution in [0, 0.1) is 17.8 Å². The Labute approximate surface area is 87.1 Å². The topological polar surface area (TPSA) is 43.4 Å². The second-order valence-corrected chi connectivity index (χ2v) is 4.23. The van der Waals surface area contributed by atoms with E-state index in [0.29, 0.717) is 6.61 Å². The van der Waals surface area contributed by atoms with Crippen molar-refractivity contribution in [2.24, 2.45) is 17.8 Å². The summed E-state index contributed by atoms with van der Waals surface area (Å²) in [6, 6.07) is 0. The Balaban J connectivity index is 1.94. The van der Waals surface area contributed by atoms with Gasteiger partial charge in [-0.1, -0.05) is 12.2 Å². The second-order valence-electron chi connectivity index (χ2n) is 3.76. The van der Waals surface area contributed by atoms with Gasteiger partial charge >= 0.3 is 5.97 Å². The molecule has 0 aromatic carbocycles. The molecule has 0 N–H and O–H groups in total. The summed E-state index contributed by atoms with van der Waals surface area (Å²) in [5, 5.41) is -0.362. The maximum Gasteiger partial charge on any atom is 0.302 e. The Bertz CT molecular complexity index is 310. The Morgan fingerprint density at radius 2 is 2.29 bits per heavy atom. The number of carbonyl (C=O) groups excluding carboxylic acids is 2. The number of halogens is 1.